The van der Waals surface area contributed by atoms with Gasteiger partial charge in [0.05, 0.1) is 19.8 Å². The van der Waals surface area contributed by atoms with Crippen LogP contribution < -0.4 is 0 Å². The fraction of sp³-hybridized carbons (Fsp3) is 0.690. The van der Waals surface area contributed by atoms with Crippen LogP contribution in [0.5, 0.6) is 0 Å². The predicted octanol–water partition coefficient (Wildman–Crippen LogP) is 7.35. The number of hydrogen-bond acceptors (Lipinski definition) is 4. The highest BCUT2D eigenvalue weighted by Crippen LogP contribution is 2.49. The predicted molar refractivity (Wildman–Crippen MR) is 149 cm³/mol. The van der Waals surface area contributed by atoms with Crippen LogP contribution in [-0.4, -0.2) is 44.6 Å². The van der Waals surface area contributed by atoms with Crippen LogP contribution in [0.25, 0.3) is 0 Å². The SMILES string of the molecule is COC(=O)CCCC=CCC1[C@H](Cl)C[C@@H](O[Si](C)(C)C(C)(C)C)[C@@H]1c1ccc(C(C)(C)CO)cc1. The largest absolute Gasteiger partial charge is 0.469 e. The summed E-state index contributed by atoms with van der Waals surface area (Å²) in [6, 6.07) is 8.72. The number of ether oxygens (including phenoxy) is 1. The molecule has 0 saturated heterocycles. The van der Waals surface area contributed by atoms with Crippen molar-refractivity contribution in [3.63, 3.8) is 0 Å². The van der Waals surface area contributed by atoms with Gasteiger partial charge in [-0.05, 0) is 60.9 Å². The van der Waals surface area contributed by atoms with Crippen molar-refractivity contribution < 1.29 is 19.1 Å². The van der Waals surface area contributed by atoms with Crippen LogP contribution >= 0.6 is 11.6 Å². The summed E-state index contributed by atoms with van der Waals surface area (Å²) < 4.78 is 11.7. The summed E-state index contributed by atoms with van der Waals surface area (Å²) >= 11 is 6.99. The highest BCUT2D eigenvalue weighted by Gasteiger charge is 2.48. The number of methoxy groups -OCH3 is 1. The standard InChI is InChI=1S/C29H47ClO4Si/c1-28(2,3)35(7,8)34-25-19-24(30)23(13-11-9-10-12-14-26(32)33-6)27(25)21-15-17-22(18-16-21)29(4,5)20-31/h9,11,15-18,23-25,27,31H,10,12-14,19-20H2,1-8H3/t23?,24-,25-,27-/m1/s1. The lowest BCUT2D eigenvalue weighted by atomic mass is 9.81. The molecule has 1 unspecified atom stereocenters. The second-order valence-electron chi connectivity index (χ2n) is 12.2. The van der Waals surface area contributed by atoms with Crippen molar-refractivity contribution in [3.8, 4) is 0 Å². The van der Waals surface area contributed by atoms with E-state index in [0.29, 0.717) is 6.42 Å². The quantitative estimate of drug-likeness (QED) is 0.108. The van der Waals surface area contributed by atoms with Gasteiger partial charge in [0.1, 0.15) is 0 Å². The lowest BCUT2D eigenvalue weighted by Gasteiger charge is -2.40. The molecule has 0 amide bonds. The van der Waals surface area contributed by atoms with Crippen molar-refractivity contribution in [1.82, 2.24) is 0 Å². The van der Waals surface area contributed by atoms with E-state index in [1.165, 1.54) is 12.7 Å². The number of aliphatic hydroxyl groups is 1. The van der Waals surface area contributed by atoms with Gasteiger partial charge < -0.3 is 14.3 Å². The Hall–Kier alpha value is -1.14. The molecule has 0 aromatic heterocycles. The molecule has 1 aromatic carbocycles. The Balaban J connectivity index is 2.26. The number of rotatable bonds is 11. The third-order valence-corrected chi connectivity index (χ3v) is 13.1. The normalized spacial score (nSPS) is 23.7. The van der Waals surface area contributed by atoms with Gasteiger partial charge in [-0.15, -0.1) is 11.6 Å². The third-order valence-electron chi connectivity index (χ3n) is 8.06. The molecule has 0 heterocycles. The number of aliphatic hydroxyl groups excluding tert-OH is 1. The average Bonchev–Trinajstić information content (AvgIpc) is 3.09. The van der Waals surface area contributed by atoms with Gasteiger partial charge >= 0.3 is 5.97 Å². The first-order valence-corrected chi connectivity index (χ1v) is 16.3. The monoisotopic (exact) mass is 522 g/mol. The maximum absolute atomic E-state index is 11.3. The van der Waals surface area contributed by atoms with Crippen molar-refractivity contribution in [2.75, 3.05) is 13.7 Å². The molecule has 0 spiro atoms. The summed E-state index contributed by atoms with van der Waals surface area (Å²) in [6.07, 6.45) is 8.31. The van der Waals surface area contributed by atoms with E-state index in [-0.39, 0.29) is 46.3 Å². The van der Waals surface area contributed by atoms with E-state index in [9.17, 15) is 9.90 Å². The van der Waals surface area contributed by atoms with Crippen LogP contribution in [0.3, 0.4) is 0 Å². The van der Waals surface area contributed by atoms with E-state index in [2.05, 4.69) is 84.1 Å². The molecule has 4 atom stereocenters. The molecule has 2 rings (SSSR count). The Bertz CT molecular complexity index is 841. The van der Waals surface area contributed by atoms with Crippen LogP contribution in [0.2, 0.25) is 18.1 Å². The molecule has 4 nitrogen and oxygen atoms in total. The zero-order valence-corrected chi connectivity index (χ0v) is 24.8. The maximum atomic E-state index is 11.3. The fourth-order valence-electron chi connectivity index (χ4n) is 4.56. The van der Waals surface area contributed by atoms with Gasteiger partial charge in [-0.3, -0.25) is 4.79 Å². The van der Waals surface area contributed by atoms with Crippen LogP contribution in [0, 0.1) is 5.92 Å². The highest BCUT2D eigenvalue weighted by molar-refractivity contribution is 6.74. The maximum Gasteiger partial charge on any atom is 0.305 e. The summed E-state index contributed by atoms with van der Waals surface area (Å²) in [7, 11) is -0.538. The second kappa shape index (κ2) is 12.4. The molecular weight excluding hydrogens is 476 g/mol. The van der Waals surface area contributed by atoms with E-state index in [4.69, 9.17) is 20.8 Å². The van der Waals surface area contributed by atoms with Gasteiger partial charge in [-0.2, -0.15) is 0 Å². The first-order valence-electron chi connectivity index (χ1n) is 13.0. The van der Waals surface area contributed by atoms with E-state index in [0.717, 1.165) is 31.2 Å². The summed E-state index contributed by atoms with van der Waals surface area (Å²) in [5.74, 6) is 0.339. The summed E-state index contributed by atoms with van der Waals surface area (Å²) in [4.78, 5) is 11.3. The Kier molecular flexibility index (Phi) is 10.7. The third kappa shape index (κ3) is 7.92. The van der Waals surface area contributed by atoms with Gasteiger partial charge in [0.25, 0.3) is 0 Å². The minimum Gasteiger partial charge on any atom is -0.469 e. The van der Waals surface area contributed by atoms with E-state index in [1.54, 1.807) is 0 Å². The van der Waals surface area contributed by atoms with Crippen LogP contribution in [-0.2, 0) is 19.4 Å². The lowest BCUT2D eigenvalue weighted by Crippen LogP contribution is -2.44. The molecule has 0 aliphatic heterocycles. The molecule has 1 aliphatic carbocycles. The summed E-state index contributed by atoms with van der Waals surface area (Å²) in [5, 5.41) is 9.96. The smallest absolute Gasteiger partial charge is 0.305 e. The Labute approximate surface area is 219 Å². The molecule has 35 heavy (non-hydrogen) atoms. The van der Waals surface area contributed by atoms with Crippen molar-refractivity contribution in [1.29, 1.82) is 0 Å². The van der Waals surface area contributed by atoms with Gasteiger partial charge in [0.2, 0.25) is 0 Å². The zero-order chi connectivity index (χ0) is 26.4. The molecule has 1 saturated carbocycles. The number of alkyl halides is 1. The van der Waals surface area contributed by atoms with Crippen LogP contribution in [0.4, 0.5) is 0 Å². The molecule has 1 fully saturated rings. The van der Waals surface area contributed by atoms with E-state index in [1.807, 2.05) is 0 Å². The second-order valence-corrected chi connectivity index (χ2v) is 17.5. The minimum atomic E-state index is -1.97. The fourth-order valence-corrected chi connectivity index (χ4v) is 6.35. The lowest BCUT2D eigenvalue weighted by molar-refractivity contribution is -0.140. The summed E-state index contributed by atoms with van der Waals surface area (Å²) in [6.45, 7) is 15.7. The molecule has 1 aliphatic rings. The molecule has 198 valence electrons. The van der Waals surface area contributed by atoms with Gasteiger partial charge in [0, 0.05) is 23.1 Å². The molecule has 6 heteroatoms. The number of allylic oxidation sites excluding steroid dienone is 2. The number of carbonyl (C=O) groups excluding carboxylic acids is 1. The van der Waals surface area contributed by atoms with Crippen molar-refractivity contribution in [2.45, 2.75) is 108 Å². The topological polar surface area (TPSA) is 55.8 Å². The highest BCUT2D eigenvalue weighted by atomic mass is 35.5. The average molecular weight is 523 g/mol. The minimum absolute atomic E-state index is 0.0445. The van der Waals surface area contributed by atoms with Gasteiger partial charge in [0.15, 0.2) is 8.32 Å². The molecule has 0 radical (unpaired) electrons. The number of benzene rings is 1. The van der Waals surface area contributed by atoms with Crippen molar-refractivity contribution >= 4 is 25.9 Å². The van der Waals surface area contributed by atoms with Crippen LogP contribution in [0.1, 0.15) is 83.8 Å². The van der Waals surface area contributed by atoms with Gasteiger partial charge in [-0.25, -0.2) is 0 Å². The molecular formula is C29H47ClO4Si. The Morgan fingerprint density at radius 2 is 1.77 bits per heavy atom. The zero-order valence-electron chi connectivity index (χ0n) is 23.1. The van der Waals surface area contributed by atoms with Crippen molar-refractivity contribution in [2.24, 2.45) is 5.92 Å². The Morgan fingerprint density at radius 3 is 2.31 bits per heavy atom. The molecule has 1 N–H and O–H groups in total. The molecule has 1 aromatic rings. The number of hydrogen-bond donors (Lipinski definition) is 1. The summed E-state index contributed by atoms with van der Waals surface area (Å²) in [5.41, 5.74) is 2.12. The first-order chi connectivity index (χ1) is 16.2. The van der Waals surface area contributed by atoms with Crippen molar-refractivity contribution in [3.05, 3.63) is 47.5 Å². The van der Waals surface area contributed by atoms with Gasteiger partial charge in [-0.1, -0.05) is 71.0 Å². The number of esters is 1. The first kappa shape index (κ1) is 30.1. The van der Waals surface area contributed by atoms with Crippen LogP contribution in [0.15, 0.2) is 36.4 Å². The molecule has 0 bridgehead atoms. The number of carbonyl (C=O) groups is 1. The number of unbranched alkanes of at least 4 members (excludes halogenated alkanes) is 1. The van der Waals surface area contributed by atoms with E-state index < -0.39 is 8.32 Å². The number of halogens is 1. The Morgan fingerprint density at radius 1 is 1.14 bits per heavy atom. The van der Waals surface area contributed by atoms with E-state index >= 15 is 0 Å².